The van der Waals surface area contributed by atoms with Crippen molar-refractivity contribution >= 4 is 0 Å². The second-order valence-corrected chi connectivity index (χ2v) is 4.26. The van der Waals surface area contributed by atoms with Crippen molar-refractivity contribution in [2.24, 2.45) is 0 Å². The van der Waals surface area contributed by atoms with Gasteiger partial charge in [-0.25, -0.2) is 0 Å². The normalized spacial score (nSPS) is 12.4. The molecule has 2 aromatic rings. The molecule has 0 spiro atoms. The average Bonchev–Trinajstić information content (AvgIpc) is 2.82. The fraction of sp³-hybridized carbons (Fsp3) is 0.333. The number of nitrogens with one attached hydrogen (secondary N) is 1. The van der Waals surface area contributed by atoms with Gasteiger partial charge in [-0.15, -0.1) is 0 Å². The van der Waals surface area contributed by atoms with Crippen LogP contribution in [0.4, 0.5) is 0 Å². The summed E-state index contributed by atoms with van der Waals surface area (Å²) in [5.74, 6) is 1.80. The molecular formula is C15H19NO2. The number of hydrogen-bond acceptors (Lipinski definition) is 3. The minimum Gasteiger partial charge on any atom is -0.497 e. The maximum Gasteiger partial charge on any atom is 0.119 e. The van der Waals surface area contributed by atoms with E-state index in [-0.39, 0.29) is 6.04 Å². The summed E-state index contributed by atoms with van der Waals surface area (Å²) in [7, 11) is 1.68. The molecule has 0 saturated carbocycles. The molecule has 3 heteroatoms. The third kappa shape index (κ3) is 2.74. The third-order valence-corrected chi connectivity index (χ3v) is 2.92. The van der Waals surface area contributed by atoms with E-state index in [1.807, 2.05) is 25.3 Å². The monoisotopic (exact) mass is 245 g/mol. The molecule has 0 amide bonds. The lowest BCUT2D eigenvalue weighted by molar-refractivity contribution is 0.413. The minimum absolute atomic E-state index is 0.141. The first-order valence-corrected chi connectivity index (χ1v) is 6.17. The van der Waals surface area contributed by atoms with Crippen molar-refractivity contribution in [3.63, 3.8) is 0 Å². The van der Waals surface area contributed by atoms with Crippen LogP contribution >= 0.6 is 0 Å². The summed E-state index contributed by atoms with van der Waals surface area (Å²) in [6.07, 6.45) is 1.81. The van der Waals surface area contributed by atoms with Gasteiger partial charge < -0.3 is 14.5 Å². The molecule has 0 aliphatic carbocycles. The molecule has 1 aromatic heterocycles. The van der Waals surface area contributed by atoms with Gasteiger partial charge in [-0.3, -0.25) is 0 Å². The van der Waals surface area contributed by atoms with E-state index >= 15 is 0 Å². The quantitative estimate of drug-likeness (QED) is 0.877. The summed E-state index contributed by atoms with van der Waals surface area (Å²) in [6.45, 7) is 4.95. The van der Waals surface area contributed by atoms with E-state index in [0.717, 1.165) is 23.6 Å². The molecule has 3 nitrogen and oxygen atoms in total. The van der Waals surface area contributed by atoms with Gasteiger partial charge in [0.1, 0.15) is 11.5 Å². The summed E-state index contributed by atoms with van der Waals surface area (Å²) in [6, 6.07) is 10.3. The highest BCUT2D eigenvalue weighted by atomic mass is 16.5. The number of benzene rings is 1. The van der Waals surface area contributed by atoms with Crippen LogP contribution < -0.4 is 10.1 Å². The van der Waals surface area contributed by atoms with Gasteiger partial charge in [0, 0.05) is 5.56 Å². The Morgan fingerprint density at radius 3 is 2.72 bits per heavy atom. The SMILES string of the molecule is CCNC(c1cccc(OC)c1)c1coc(C)c1. The molecule has 0 radical (unpaired) electrons. The van der Waals surface area contributed by atoms with Gasteiger partial charge in [-0.05, 0) is 37.2 Å². The zero-order chi connectivity index (χ0) is 13.0. The van der Waals surface area contributed by atoms with Crippen LogP contribution in [0.25, 0.3) is 0 Å². The standard InChI is InChI=1S/C15H19NO2/c1-4-16-15(13-8-11(2)18-10-13)12-6-5-7-14(9-12)17-3/h5-10,15-16H,4H2,1-3H3. The molecular weight excluding hydrogens is 226 g/mol. The van der Waals surface area contributed by atoms with E-state index < -0.39 is 0 Å². The van der Waals surface area contributed by atoms with Crippen LogP contribution in [0.3, 0.4) is 0 Å². The van der Waals surface area contributed by atoms with Crippen LogP contribution in [0.2, 0.25) is 0 Å². The van der Waals surface area contributed by atoms with E-state index in [9.17, 15) is 0 Å². The summed E-state index contributed by atoms with van der Waals surface area (Å²) in [5.41, 5.74) is 2.32. The maximum atomic E-state index is 5.40. The molecule has 0 aliphatic rings. The fourth-order valence-electron chi connectivity index (χ4n) is 2.07. The van der Waals surface area contributed by atoms with E-state index in [1.165, 1.54) is 5.56 Å². The fourth-order valence-corrected chi connectivity index (χ4v) is 2.07. The first-order chi connectivity index (χ1) is 8.74. The van der Waals surface area contributed by atoms with Gasteiger partial charge in [0.05, 0.1) is 19.4 Å². The molecule has 0 saturated heterocycles. The largest absolute Gasteiger partial charge is 0.497 e. The average molecular weight is 245 g/mol. The Morgan fingerprint density at radius 1 is 1.28 bits per heavy atom. The molecule has 0 bridgehead atoms. The summed E-state index contributed by atoms with van der Waals surface area (Å²) in [4.78, 5) is 0. The van der Waals surface area contributed by atoms with Crippen LogP contribution in [0.5, 0.6) is 5.75 Å². The number of hydrogen-bond donors (Lipinski definition) is 1. The Balaban J connectivity index is 2.34. The van der Waals surface area contributed by atoms with Gasteiger partial charge in [0.15, 0.2) is 0 Å². The van der Waals surface area contributed by atoms with Crippen LogP contribution in [-0.4, -0.2) is 13.7 Å². The predicted octanol–water partition coefficient (Wildman–Crippen LogP) is 3.30. The predicted molar refractivity (Wildman–Crippen MR) is 72.0 cm³/mol. The van der Waals surface area contributed by atoms with E-state index in [1.54, 1.807) is 7.11 Å². The Bertz CT molecular complexity index is 505. The van der Waals surface area contributed by atoms with E-state index in [4.69, 9.17) is 9.15 Å². The molecule has 1 aromatic carbocycles. The Kier molecular flexibility index (Phi) is 4.05. The van der Waals surface area contributed by atoms with Crippen molar-refractivity contribution in [3.8, 4) is 5.75 Å². The minimum atomic E-state index is 0.141. The molecule has 2 rings (SSSR count). The Hall–Kier alpha value is -1.74. The van der Waals surface area contributed by atoms with Crippen LogP contribution in [0.15, 0.2) is 41.0 Å². The lowest BCUT2D eigenvalue weighted by Crippen LogP contribution is -2.21. The molecule has 1 N–H and O–H groups in total. The van der Waals surface area contributed by atoms with Crippen molar-refractivity contribution in [1.82, 2.24) is 5.32 Å². The number of ether oxygens (including phenoxy) is 1. The topological polar surface area (TPSA) is 34.4 Å². The van der Waals surface area contributed by atoms with Gasteiger partial charge in [-0.1, -0.05) is 19.1 Å². The number of furan rings is 1. The molecule has 1 unspecified atom stereocenters. The summed E-state index contributed by atoms with van der Waals surface area (Å²) < 4.78 is 10.7. The van der Waals surface area contributed by atoms with Crippen molar-refractivity contribution in [2.45, 2.75) is 19.9 Å². The number of rotatable bonds is 5. The van der Waals surface area contributed by atoms with E-state index in [0.29, 0.717) is 0 Å². The molecule has 18 heavy (non-hydrogen) atoms. The van der Waals surface area contributed by atoms with Crippen LogP contribution in [0.1, 0.15) is 29.9 Å². The van der Waals surface area contributed by atoms with Crippen LogP contribution in [-0.2, 0) is 0 Å². The molecule has 0 aliphatic heterocycles. The Morgan fingerprint density at radius 2 is 2.11 bits per heavy atom. The zero-order valence-corrected chi connectivity index (χ0v) is 11.1. The number of methoxy groups -OCH3 is 1. The molecule has 96 valence electrons. The smallest absolute Gasteiger partial charge is 0.119 e. The van der Waals surface area contributed by atoms with Crippen LogP contribution in [0, 0.1) is 6.92 Å². The number of aryl methyl sites for hydroxylation is 1. The van der Waals surface area contributed by atoms with Crippen molar-refractivity contribution < 1.29 is 9.15 Å². The molecule has 0 fully saturated rings. The summed E-state index contributed by atoms with van der Waals surface area (Å²) in [5, 5.41) is 3.46. The van der Waals surface area contributed by atoms with Crippen molar-refractivity contribution in [2.75, 3.05) is 13.7 Å². The Labute approximate surface area is 108 Å². The van der Waals surface area contributed by atoms with Crippen molar-refractivity contribution in [3.05, 3.63) is 53.5 Å². The first-order valence-electron chi connectivity index (χ1n) is 6.17. The molecule has 1 atom stereocenters. The lowest BCUT2D eigenvalue weighted by Gasteiger charge is -2.17. The van der Waals surface area contributed by atoms with Gasteiger partial charge in [-0.2, -0.15) is 0 Å². The third-order valence-electron chi connectivity index (χ3n) is 2.92. The van der Waals surface area contributed by atoms with Gasteiger partial charge in [0.25, 0.3) is 0 Å². The van der Waals surface area contributed by atoms with Gasteiger partial charge in [0.2, 0.25) is 0 Å². The lowest BCUT2D eigenvalue weighted by atomic mass is 10.0. The van der Waals surface area contributed by atoms with E-state index in [2.05, 4.69) is 30.4 Å². The molecule has 1 heterocycles. The zero-order valence-electron chi connectivity index (χ0n) is 11.1. The summed E-state index contributed by atoms with van der Waals surface area (Å²) >= 11 is 0. The van der Waals surface area contributed by atoms with Gasteiger partial charge >= 0.3 is 0 Å². The highest BCUT2D eigenvalue weighted by Gasteiger charge is 2.15. The highest BCUT2D eigenvalue weighted by Crippen LogP contribution is 2.26. The van der Waals surface area contributed by atoms with Crippen molar-refractivity contribution in [1.29, 1.82) is 0 Å². The second kappa shape index (κ2) is 5.74. The first kappa shape index (κ1) is 12.7. The highest BCUT2D eigenvalue weighted by molar-refractivity contribution is 5.36. The maximum absolute atomic E-state index is 5.40. The second-order valence-electron chi connectivity index (χ2n) is 4.26.